The SMILES string of the molecule is C[C@H](Oc1ccc2c(c1)CCCC2)C(=O)NC(c1ccccc1)c1ccccc1. The van der Waals surface area contributed by atoms with E-state index < -0.39 is 6.10 Å². The van der Waals surface area contributed by atoms with Crippen LogP contribution in [0.5, 0.6) is 5.75 Å². The van der Waals surface area contributed by atoms with Gasteiger partial charge in [0.25, 0.3) is 5.91 Å². The van der Waals surface area contributed by atoms with Crippen molar-refractivity contribution in [2.24, 2.45) is 0 Å². The lowest BCUT2D eigenvalue weighted by Crippen LogP contribution is -2.39. The highest BCUT2D eigenvalue weighted by Crippen LogP contribution is 2.26. The molecule has 1 aliphatic carbocycles. The third kappa shape index (κ3) is 4.68. The van der Waals surface area contributed by atoms with Crippen molar-refractivity contribution in [1.29, 1.82) is 0 Å². The minimum Gasteiger partial charge on any atom is -0.481 e. The lowest BCUT2D eigenvalue weighted by atomic mass is 9.92. The van der Waals surface area contributed by atoms with Gasteiger partial charge in [0.2, 0.25) is 0 Å². The Kier molecular flexibility index (Phi) is 5.95. The highest BCUT2D eigenvalue weighted by Gasteiger charge is 2.22. The smallest absolute Gasteiger partial charge is 0.261 e. The zero-order valence-corrected chi connectivity index (χ0v) is 16.8. The zero-order valence-electron chi connectivity index (χ0n) is 16.8. The van der Waals surface area contributed by atoms with E-state index in [9.17, 15) is 4.79 Å². The van der Waals surface area contributed by atoms with Gasteiger partial charge in [-0.2, -0.15) is 0 Å². The molecule has 0 bridgehead atoms. The van der Waals surface area contributed by atoms with Gasteiger partial charge in [0.15, 0.2) is 6.10 Å². The van der Waals surface area contributed by atoms with Gasteiger partial charge < -0.3 is 10.1 Å². The minimum atomic E-state index is -0.577. The van der Waals surface area contributed by atoms with Crippen LogP contribution in [0.2, 0.25) is 0 Å². The molecule has 0 saturated heterocycles. The fraction of sp³-hybridized carbons (Fsp3) is 0.269. The fourth-order valence-electron chi connectivity index (χ4n) is 3.95. The number of hydrogen-bond acceptors (Lipinski definition) is 2. The third-order valence-corrected chi connectivity index (χ3v) is 5.55. The van der Waals surface area contributed by atoms with Crippen LogP contribution < -0.4 is 10.1 Å². The van der Waals surface area contributed by atoms with Gasteiger partial charge in [-0.15, -0.1) is 0 Å². The molecule has 0 aromatic heterocycles. The van der Waals surface area contributed by atoms with Crippen LogP contribution in [-0.2, 0) is 17.6 Å². The van der Waals surface area contributed by atoms with E-state index >= 15 is 0 Å². The number of rotatable bonds is 6. The molecule has 3 nitrogen and oxygen atoms in total. The predicted octanol–water partition coefficient (Wildman–Crippen LogP) is 5.24. The fourth-order valence-corrected chi connectivity index (χ4v) is 3.95. The lowest BCUT2D eigenvalue weighted by Gasteiger charge is -2.23. The van der Waals surface area contributed by atoms with Gasteiger partial charge in [0.05, 0.1) is 6.04 Å². The van der Waals surface area contributed by atoms with Gasteiger partial charge in [-0.3, -0.25) is 4.79 Å². The number of aryl methyl sites for hydroxylation is 2. The van der Waals surface area contributed by atoms with Crippen molar-refractivity contribution >= 4 is 5.91 Å². The Morgan fingerprint density at radius 2 is 1.41 bits per heavy atom. The standard InChI is InChI=1S/C26H27NO2/c1-19(29-24-17-16-20-10-8-9-15-23(20)18-24)26(28)27-25(21-11-4-2-5-12-21)22-13-6-3-7-14-22/h2-7,11-14,16-19,25H,8-10,15H2,1H3,(H,27,28)/t19-/m0/s1. The van der Waals surface area contributed by atoms with Gasteiger partial charge >= 0.3 is 0 Å². The van der Waals surface area contributed by atoms with Crippen molar-refractivity contribution in [3.05, 3.63) is 101 Å². The molecule has 0 heterocycles. The summed E-state index contributed by atoms with van der Waals surface area (Å²) in [6.45, 7) is 1.81. The first-order valence-electron chi connectivity index (χ1n) is 10.4. The molecular weight excluding hydrogens is 358 g/mol. The summed E-state index contributed by atoms with van der Waals surface area (Å²) in [5, 5.41) is 3.17. The zero-order chi connectivity index (χ0) is 20.1. The summed E-state index contributed by atoms with van der Waals surface area (Å²) < 4.78 is 6.00. The minimum absolute atomic E-state index is 0.125. The summed E-state index contributed by atoms with van der Waals surface area (Å²) >= 11 is 0. The summed E-state index contributed by atoms with van der Waals surface area (Å²) in [5.41, 5.74) is 4.86. The van der Waals surface area contributed by atoms with Crippen LogP contribution in [0, 0.1) is 0 Å². The highest BCUT2D eigenvalue weighted by molar-refractivity contribution is 5.81. The molecule has 29 heavy (non-hydrogen) atoms. The van der Waals surface area contributed by atoms with Crippen molar-refractivity contribution < 1.29 is 9.53 Å². The van der Waals surface area contributed by atoms with Crippen LogP contribution >= 0.6 is 0 Å². The van der Waals surface area contributed by atoms with Crippen molar-refractivity contribution in [2.45, 2.75) is 44.8 Å². The molecule has 3 heteroatoms. The molecule has 3 aromatic rings. The molecule has 1 amide bonds. The Morgan fingerprint density at radius 3 is 2.03 bits per heavy atom. The molecule has 4 rings (SSSR count). The molecule has 1 atom stereocenters. The van der Waals surface area contributed by atoms with E-state index in [1.807, 2.05) is 73.7 Å². The maximum absolute atomic E-state index is 13.0. The van der Waals surface area contributed by atoms with Crippen LogP contribution in [0.15, 0.2) is 78.9 Å². The molecule has 0 spiro atoms. The molecule has 0 fully saturated rings. The van der Waals surface area contributed by atoms with Gasteiger partial charge in [0, 0.05) is 0 Å². The summed E-state index contributed by atoms with van der Waals surface area (Å²) in [7, 11) is 0. The Hall–Kier alpha value is -3.07. The summed E-state index contributed by atoms with van der Waals surface area (Å²) in [6.07, 6.45) is 4.14. The van der Waals surface area contributed by atoms with E-state index in [0.29, 0.717) is 0 Å². The summed E-state index contributed by atoms with van der Waals surface area (Å²) in [6, 6.07) is 26.1. The van der Waals surface area contributed by atoms with E-state index in [1.54, 1.807) is 0 Å². The normalized spacial score (nSPS) is 14.1. The monoisotopic (exact) mass is 385 g/mol. The number of hydrogen-bond donors (Lipinski definition) is 1. The summed E-state index contributed by atoms with van der Waals surface area (Å²) in [5.74, 6) is 0.643. The topological polar surface area (TPSA) is 38.3 Å². The first-order chi connectivity index (χ1) is 14.2. The molecule has 0 radical (unpaired) electrons. The molecule has 1 aliphatic rings. The van der Waals surface area contributed by atoms with Gasteiger partial charge in [0.1, 0.15) is 5.75 Å². The Morgan fingerprint density at radius 1 is 0.828 bits per heavy atom. The Bertz CT molecular complexity index is 913. The number of ether oxygens (including phenoxy) is 1. The van der Waals surface area contributed by atoms with Crippen LogP contribution in [0.4, 0.5) is 0 Å². The van der Waals surface area contributed by atoms with Crippen LogP contribution in [-0.4, -0.2) is 12.0 Å². The van der Waals surface area contributed by atoms with Crippen LogP contribution in [0.25, 0.3) is 0 Å². The molecule has 148 valence electrons. The molecule has 0 aliphatic heterocycles. The number of fused-ring (bicyclic) bond motifs is 1. The maximum Gasteiger partial charge on any atom is 0.261 e. The first-order valence-corrected chi connectivity index (χ1v) is 10.4. The largest absolute Gasteiger partial charge is 0.481 e. The number of carbonyl (C=O) groups is 1. The van der Waals surface area contributed by atoms with E-state index in [-0.39, 0.29) is 11.9 Å². The molecule has 0 saturated carbocycles. The second-order valence-corrected chi connectivity index (χ2v) is 7.66. The van der Waals surface area contributed by atoms with Gasteiger partial charge in [-0.05, 0) is 67.0 Å². The average Bonchev–Trinajstić information content (AvgIpc) is 2.78. The van der Waals surface area contributed by atoms with Gasteiger partial charge in [-0.25, -0.2) is 0 Å². The number of carbonyl (C=O) groups excluding carboxylic acids is 1. The van der Waals surface area contributed by atoms with Crippen molar-refractivity contribution in [3.8, 4) is 5.75 Å². The molecule has 1 N–H and O–H groups in total. The summed E-state index contributed by atoms with van der Waals surface area (Å²) in [4.78, 5) is 13.0. The van der Waals surface area contributed by atoms with Crippen molar-refractivity contribution in [1.82, 2.24) is 5.32 Å². The van der Waals surface area contributed by atoms with E-state index in [0.717, 1.165) is 29.7 Å². The third-order valence-electron chi connectivity index (χ3n) is 5.55. The number of benzene rings is 3. The van der Waals surface area contributed by atoms with Crippen molar-refractivity contribution in [2.75, 3.05) is 0 Å². The number of nitrogens with one attached hydrogen (secondary N) is 1. The second kappa shape index (κ2) is 8.95. The highest BCUT2D eigenvalue weighted by atomic mass is 16.5. The molecule has 0 unspecified atom stereocenters. The average molecular weight is 386 g/mol. The second-order valence-electron chi connectivity index (χ2n) is 7.66. The van der Waals surface area contributed by atoms with E-state index in [4.69, 9.17) is 4.74 Å². The molecule has 3 aromatic carbocycles. The maximum atomic E-state index is 13.0. The first kappa shape index (κ1) is 19.3. The quantitative estimate of drug-likeness (QED) is 0.630. The Labute approximate surface area is 172 Å². The Balaban J connectivity index is 1.48. The predicted molar refractivity (Wildman–Crippen MR) is 116 cm³/mol. The van der Waals surface area contributed by atoms with Crippen LogP contribution in [0.1, 0.15) is 48.1 Å². The number of amides is 1. The van der Waals surface area contributed by atoms with Crippen LogP contribution in [0.3, 0.4) is 0 Å². The van der Waals surface area contributed by atoms with Gasteiger partial charge in [-0.1, -0.05) is 66.7 Å². The molecular formula is C26H27NO2. The van der Waals surface area contributed by atoms with E-state index in [2.05, 4.69) is 17.4 Å². The lowest BCUT2D eigenvalue weighted by molar-refractivity contribution is -0.127. The van der Waals surface area contributed by atoms with Crippen molar-refractivity contribution in [3.63, 3.8) is 0 Å². The van der Waals surface area contributed by atoms with E-state index in [1.165, 1.54) is 24.0 Å².